The third kappa shape index (κ3) is 1.82. The molecule has 8 nitrogen and oxygen atoms in total. The summed E-state index contributed by atoms with van der Waals surface area (Å²) in [6.45, 7) is 1.71. The fourth-order valence-electron chi connectivity index (χ4n) is 1.01. The van der Waals surface area contributed by atoms with Gasteiger partial charge in [0.15, 0.2) is 0 Å². The predicted molar refractivity (Wildman–Crippen MR) is 50.1 cm³/mol. The smallest absolute Gasteiger partial charge is 0.288 e. The summed E-state index contributed by atoms with van der Waals surface area (Å²) in [5.74, 6) is 0.589. The van der Waals surface area contributed by atoms with Gasteiger partial charge in [0.25, 0.3) is 5.91 Å². The first kappa shape index (κ1) is 9.31. The van der Waals surface area contributed by atoms with Gasteiger partial charge in [-0.1, -0.05) is 0 Å². The molecule has 8 heteroatoms. The number of aromatic nitrogens is 6. The summed E-state index contributed by atoms with van der Waals surface area (Å²) in [6, 6.07) is 0. The molecule has 0 spiro atoms. The fraction of sp³-hybridized carbons (Fsp3) is 0.286. The minimum Gasteiger partial charge on any atom is -0.288 e. The molecule has 0 unspecified atom stereocenters. The lowest BCUT2D eigenvalue weighted by atomic mass is 10.5. The van der Waals surface area contributed by atoms with E-state index in [4.69, 9.17) is 0 Å². The van der Waals surface area contributed by atoms with E-state index in [1.165, 1.54) is 11.0 Å². The quantitative estimate of drug-likeness (QED) is 0.690. The van der Waals surface area contributed by atoms with Gasteiger partial charge >= 0.3 is 0 Å². The summed E-state index contributed by atoms with van der Waals surface area (Å²) >= 11 is 0. The summed E-state index contributed by atoms with van der Waals surface area (Å²) < 4.78 is 1.44. The van der Waals surface area contributed by atoms with Crippen molar-refractivity contribution in [1.82, 2.24) is 29.9 Å². The van der Waals surface area contributed by atoms with Gasteiger partial charge in [-0.05, 0) is 6.92 Å². The van der Waals surface area contributed by atoms with Crippen molar-refractivity contribution in [2.45, 2.75) is 6.92 Å². The highest BCUT2D eigenvalue weighted by atomic mass is 16.2. The number of carbonyl (C=O) groups excluding carboxylic acids is 1. The van der Waals surface area contributed by atoms with Crippen LogP contribution in [0.3, 0.4) is 0 Å². The molecule has 0 aliphatic carbocycles. The molecule has 0 fully saturated rings. The highest BCUT2D eigenvalue weighted by molar-refractivity contribution is 6.00. The van der Waals surface area contributed by atoms with Crippen LogP contribution in [-0.4, -0.2) is 35.9 Å². The number of nitrogens with zero attached hydrogens (tertiary/aromatic N) is 5. The van der Waals surface area contributed by atoms with E-state index in [2.05, 4.69) is 30.6 Å². The summed E-state index contributed by atoms with van der Waals surface area (Å²) in [6.07, 6.45) is 1.35. The predicted octanol–water partition coefficient (Wildman–Crippen LogP) is -0.506. The zero-order chi connectivity index (χ0) is 10.8. The standard InChI is InChI=1S/C7H9N7O/c1-4-10-5(13-12-4)6(15)11-7-8-3-9-14(7)2/h3H,1-2H3,(H,10,12,13)(H,8,9,11,15). The van der Waals surface area contributed by atoms with Gasteiger partial charge in [0.2, 0.25) is 11.8 Å². The maximum absolute atomic E-state index is 11.5. The molecule has 78 valence electrons. The van der Waals surface area contributed by atoms with E-state index in [9.17, 15) is 4.79 Å². The van der Waals surface area contributed by atoms with Gasteiger partial charge in [0.1, 0.15) is 12.2 Å². The second-order valence-corrected chi connectivity index (χ2v) is 2.91. The van der Waals surface area contributed by atoms with E-state index in [0.29, 0.717) is 11.8 Å². The van der Waals surface area contributed by atoms with Crippen LogP contribution in [0.5, 0.6) is 0 Å². The van der Waals surface area contributed by atoms with Crippen LogP contribution in [0, 0.1) is 6.92 Å². The van der Waals surface area contributed by atoms with Crippen molar-refractivity contribution >= 4 is 11.9 Å². The number of nitrogens with one attached hydrogen (secondary N) is 2. The Kier molecular flexibility index (Phi) is 2.16. The summed E-state index contributed by atoms with van der Waals surface area (Å²) in [5, 5.41) is 12.6. The Morgan fingerprint density at radius 1 is 1.60 bits per heavy atom. The van der Waals surface area contributed by atoms with Crippen LogP contribution >= 0.6 is 0 Å². The Bertz CT molecular complexity index is 485. The lowest BCUT2D eigenvalue weighted by Crippen LogP contribution is -2.16. The molecular weight excluding hydrogens is 198 g/mol. The number of H-pyrrole nitrogens is 1. The van der Waals surface area contributed by atoms with Crippen LogP contribution in [-0.2, 0) is 7.05 Å². The van der Waals surface area contributed by atoms with E-state index in [-0.39, 0.29) is 5.82 Å². The lowest BCUT2D eigenvalue weighted by Gasteiger charge is -1.99. The first-order valence-electron chi connectivity index (χ1n) is 4.21. The summed E-state index contributed by atoms with van der Waals surface area (Å²) in [4.78, 5) is 19.3. The lowest BCUT2D eigenvalue weighted by molar-refractivity contribution is 0.101. The molecule has 2 rings (SSSR count). The number of amides is 1. The van der Waals surface area contributed by atoms with Gasteiger partial charge < -0.3 is 0 Å². The molecule has 0 aromatic carbocycles. The second kappa shape index (κ2) is 3.48. The number of rotatable bonds is 2. The van der Waals surface area contributed by atoms with Crippen LogP contribution in [0.15, 0.2) is 6.33 Å². The summed E-state index contributed by atoms with van der Waals surface area (Å²) in [7, 11) is 1.67. The molecule has 2 N–H and O–H groups in total. The van der Waals surface area contributed by atoms with Crippen LogP contribution in [0.2, 0.25) is 0 Å². The van der Waals surface area contributed by atoms with Crippen molar-refractivity contribution in [3.05, 3.63) is 18.0 Å². The first-order valence-corrected chi connectivity index (χ1v) is 4.21. The fourth-order valence-corrected chi connectivity index (χ4v) is 1.01. The molecule has 2 aromatic heterocycles. The zero-order valence-electron chi connectivity index (χ0n) is 8.22. The number of aromatic amines is 1. The Morgan fingerprint density at radius 2 is 2.40 bits per heavy atom. The third-order valence-corrected chi connectivity index (χ3v) is 1.74. The van der Waals surface area contributed by atoms with Gasteiger partial charge in [0.05, 0.1) is 0 Å². The van der Waals surface area contributed by atoms with Crippen molar-refractivity contribution in [2.75, 3.05) is 5.32 Å². The van der Waals surface area contributed by atoms with Crippen molar-refractivity contribution in [3.8, 4) is 0 Å². The Labute approximate surface area is 84.7 Å². The first-order chi connectivity index (χ1) is 7.16. The molecule has 0 saturated heterocycles. The molecule has 0 bridgehead atoms. The molecule has 2 aromatic rings. The largest absolute Gasteiger partial charge is 0.297 e. The van der Waals surface area contributed by atoms with Crippen LogP contribution in [0.4, 0.5) is 5.95 Å². The van der Waals surface area contributed by atoms with Crippen LogP contribution in [0.1, 0.15) is 16.4 Å². The molecule has 0 radical (unpaired) electrons. The van der Waals surface area contributed by atoms with Crippen molar-refractivity contribution in [3.63, 3.8) is 0 Å². The molecule has 0 atom stereocenters. The van der Waals surface area contributed by atoms with Gasteiger partial charge in [-0.3, -0.25) is 15.2 Å². The van der Waals surface area contributed by atoms with Gasteiger partial charge in [-0.15, -0.1) is 5.10 Å². The average Bonchev–Trinajstić information content (AvgIpc) is 2.77. The van der Waals surface area contributed by atoms with Crippen molar-refractivity contribution in [2.24, 2.45) is 7.05 Å². The monoisotopic (exact) mass is 207 g/mol. The third-order valence-electron chi connectivity index (χ3n) is 1.74. The summed E-state index contributed by atoms with van der Waals surface area (Å²) in [5.41, 5.74) is 0. The maximum Gasteiger partial charge on any atom is 0.297 e. The Morgan fingerprint density at radius 3 is 2.93 bits per heavy atom. The van der Waals surface area contributed by atoms with Crippen LogP contribution in [0.25, 0.3) is 0 Å². The maximum atomic E-state index is 11.5. The second-order valence-electron chi connectivity index (χ2n) is 2.91. The molecule has 0 aliphatic heterocycles. The average molecular weight is 207 g/mol. The molecule has 0 saturated carbocycles. The van der Waals surface area contributed by atoms with Gasteiger partial charge in [-0.25, -0.2) is 9.67 Å². The zero-order valence-corrected chi connectivity index (χ0v) is 8.22. The SMILES string of the molecule is Cc1nc(C(=O)Nc2ncnn2C)n[nH]1. The molecule has 2 heterocycles. The number of hydrogen-bond donors (Lipinski definition) is 2. The van der Waals surface area contributed by atoms with E-state index in [1.54, 1.807) is 14.0 Å². The van der Waals surface area contributed by atoms with E-state index < -0.39 is 5.91 Å². The Hall–Kier alpha value is -2.25. The van der Waals surface area contributed by atoms with E-state index in [0.717, 1.165) is 0 Å². The number of anilines is 1. The van der Waals surface area contributed by atoms with Gasteiger partial charge in [0, 0.05) is 7.05 Å². The molecule has 15 heavy (non-hydrogen) atoms. The topological polar surface area (TPSA) is 101 Å². The van der Waals surface area contributed by atoms with E-state index >= 15 is 0 Å². The molecular formula is C7H9N7O. The number of aryl methyl sites for hydroxylation is 2. The van der Waals surface area contributed by atoms with E-state index in [1.807, 2.05) is 0 Å². The number of hydrogen-bond acceptors (Lipinski definition) is 5. The van der Waals surface area contributed by atoms with Gasteiger partial charge in [-0.2, -0.15) is 10.1 Å². The minimum atomic E-state index is -0.421. The van der Waals surface area contributed by atoms with Crippen LogP contribution < -0.4 is 5.32 Å². The molecule has 1 amide bonds. The number of carbonyl (C=O) groups is 1. The highest BCUT2D eigenvalue weighted by Gasteiger charge is 2.13. The van der Waals surface area contributed by atoms with Crippen molar-refractivity contribution < 1.29 is 4.79 Å². The highest BCUT2D eigenvalue weighted by Crippen LogP contribution is 2.00. The Balaban J connectivity index is 2.14. The molecule has 0 aliphatic rings. The minimum absolute atomic E-state index is 0.0792. The normalized spacial score (nSPS) is 10.3. The van der Waals surface area contributed by atoms with Crippen molar-refractivity contribution in [1.29, 1.82) is 0 Å².